The van der Waals surface area contributed by atoms with Crippen molar-refractivity contribution in [2.24, 2.45) is 0 Å². The van der Waals surface area contributed by atoms with Crippen LogP contribution in [0.15, 0.2) is 36.9 Å². The van der Waals surface area contributed by atoms with Crippen LogP contribution in [-0.2, 0) is 0 Å². The Morgan fingerprint density at radius 1 is 1.00 bits per heavy atom. The third kappa shape index (κ3) is 3.61. The first kappa shape index (κ1) is 16.1. The summed E-state index contributed by atoms with van der Waals surface area (Å²) in [6.07, 6.45) is 2.16. The third-order valence-electron chi connectivity index (χ3n) is 3.46. The van der Waals surface area contributed by atoms with Gasteiger partial charge in [0.15, 0.2) is 5.44 Å². The number of aliphatic hydroxyl groups is 3. The van der Waals surface area contributed by atoms with E-state index in [4.69, 9.17) is 4.74 Å². The van der Waals surface area contributed by atoms with Crippen LogP contribution in [0.2, 0.25) is 0 Å². The number of ether oxygens (including phenoxy) is 1. The van der Waals surface area contributed by atoms with Crippen molar-refractivity contribution in [3.63, 3.8) is 0 Å². The Hall–Kier alpha value is -1.74. The first-order valence-corrected chi connectivity index (χ1v) is 7.98. The largest absolute Gasteiger partial charge is 0.475 e. The number of halogens is 1. The number of pyridine rings is 2. The lowest BCUT2D eigenvalue weighted by molar-refractivity contribution is -0.0786. The Balaban J connectivity index is 1.78. The van der Waals surface area contributed by atoms with Crippen molar-refractivity contribution in [3.8, 4) is 16.9 Å². The highest BCUT2D eigenvalue weighted by molar-refractivity contribution is 7.99. The van der Waals surface area contributed by atoms with Crippen LogP contribution in [-0.4, -0.2) is 54.8 Å². The first-order chi connectivity index (χ1) is 11.0. The molecule has 3 heterocycles. The average molecular weight is 338 g/mol. The molecule has 3 N–H and O–H groups in total. The molecule has 2 aromatic rings. The van der Waals surface area contributed by atoms with Crippen LogP contribution in [0, 0.1) is 5.82 Å². The van der Waals surface area contributed by atoms with Crippen molar-refractivity contribution in [1.29, 1.82) is 0 Å². The Kier molecular flexibility index (Phi) is 4.76. The molecule has 0 aromatic carbocycles. The van der Waals surface area contributed by atoms with Gasteiger partial charge in [-0.15, -0.1) is 11.8 Å². The fourth-order valence-electron chi connectivity index (χ4n) is 2.23. The number of hydrogen-bond donors (Lipinski definition) is 3. The standard InChI is InChI=1S/C15H15FN2O4S/c16-10-1-8(3-17-5-10)9-2-11(6-18-4-9)22-15-14(21)13(20)12(19)7-23-15/h1-6,12-15,19-21H,7H2/t12-,13+,14-,15-/m1/s1. The summed E-state index contributed by atoms with van der Waals surface area (Å²) in [6.45, 7) is 0. The molecule has 122 valence electrons. The van der Waals surface area contributed by atoms with E-state index in [9.17, 15) is 19.7 Å². The lowest BCUT2D eigenvalue weighted by Gasteiger charge is -2.34. The Labute approximate surface area is 136 Å². The zero-order valence-corrected chi connectivity index (χ0v) is 12.7. The molecule has 1 aliphatic heterocycles. The van der Waals surface area contributed by atoms with Crippen LogP contribution in [0.4, 0.5) is 4.39 Å². The van der Waals surface area contributed by atoms with Crippen LogP contribution in [0.1, 0.15) is 0 Å². The van der Waals surface area contributed by atoms with Gasteiger partial charge in [0.25, 0.3) is 0 Å². The topological polar surface area (TPSA) is 95.7 Å². The monoisotopic (exact) mass is 338 g/mol. The Morgan fingerprint density at radius 2 is 1.70 bits per heavy atom. The fourth-order valence-corrected chi connectivity index (χ4v) is 3.35. The van der Waals surface area contributed by atoms with E-state index >= 15 is 0 Å². The van der Waals surface area contributed by atoms with Gasteiger partial charge in [-0.3, -0.25) is 9.97 Å². The summed E-state index contributed by atoms with van der Waals surface area (Å²) in [7, 11) is 0. The van der Waals surface area contributed by atoms with Gasteiger partial charge >= 0.3 is 0 Å². The number of hydrogen-bond acceptors (Lipinski definition) is 7. The van der Waals surface area contributed by atoms with Crippen molar-refractivity contribution in [3.05, 3.63) is 42.7 Å². The van der Waals surface area contributed by atoms with Gasteiger partial charge in [-0.25, -0.2) is 4.39 Å². The van der Waals surface area contributed by atoms with E-state index in [0.717, 1.165) is 6.20 Å². The quantitative estimate of drug-likeness (QED) is 0.762. The fraction of sp³-hybridized carbons (Fsp3) is 0.333. The molecule has 0 amide bonds. The van der Waals surface area contributed by atoms with Gasteiger partial charge in [-0.1, -0.05) is 0 Å². The van der Waals surface area contributed by atoms with Gasteiger partial charge in [-0.2, -0.15) is 0 Å². The summed E-state index contributed by atoms with van der Waals surface area (Å²) in [5.74, 6) is 0.167. The molecule has 0 bridgehead atoms. The predicted molar refractivity (Wildman–Crippen MR) is 82.3 cm³/mol. The average Bonchev–Trinajstić information content (AvgIpc) is 2.56. The summed E-state index contributed by atoms with van der Waals surface area (Å²) in [4.78, 5) is 7.82. The van der Waals surface area contributed by atoms with E-state index in [1.54, 1.807) is 12.3 Å². The minimum atomic E-state index is -1.26. The molecule has 8 heteroatoms. The molecule has 0 saturated carbocycles. The molecule has 1 fully saturated rings. The predicted octanol–water partition coefficient (Wildman–Crippen LogP) is 0.817. The molecular weight excluding hydrogens is 323 g/mol. The number of rotatable bonds is 3. The lowest BCUT2D eigenvalue weighted by atomic mass is 10.1. The summed E-state index contributed by atoms with van der Waals surface area (Å²) < 4.78 is 18.9. The van der Waals surface area contributed by atoms with E-state index in [2.05, 4.69) is 9.97 Å². The van der Waals surface area contributed by atoms with Gasteiger partial charge in [0.1, 0.15) is 23.8 Å². The molecule has 1 aliphatic rings. The van der Waals surface area contributed by atoms with E-state index in [1.165, 1.54) is 30.2 Å². The second-order valence-corrected chi connectivity index (χ2v) is 6.30. The molecular formula is C15H15FN2O4S. The molecule has 0 radical (unpaired) electrons. The van der Waals surface area contributed by atoms with E-state index < -0.39 is 29.6 Å². The highest BCUT2D eigenvalue weighted by Crippen LogP contribution is 2.30. The Bertz CT molecular complexity index is 690. The minimum Gasteiger partial charge on any atom is -0.475 e. The molecule has 1 saturated heterocycles. The molecule has 0 unspecified atom stereocenters. The SMILES string of the molecule is O[C@@H]1[C@@H](O)[C@H](Oc2cncc(-c3cncc(F)c3)c2)SC[C@H]1O. The van der Waals surface area contributed by atoms with Crippen LogP contribution >= 0.6 is 11.8 Å². The lowest BCUT2D eigenvalue weighted by Crippen LogP contribution is -2.50. The molecule has 3 rings (SSSR count). The zero-order valence-electron chi connectivity index (χ0n) is 11.9. The first-order valence-electron chi connectivity index (χ1n) is 6.93. The normalized spacial score (nSPS) is 27.7. The molecule has 2 aromatic heterocycles. The van der Waals surface area contributed by atoms with Crippen LogP contribution < -0.4 is 4.74 Å². The van der Waals surface area contributed by atoms with Crippen molar-refractivity contribution in [2.75, 3.05) is 5.75 Å². The second kappa shape index (κ2) is 6.79. The summed E-state index contributed by atoms with van der Waals surface area (Å²) in [5, 5.41) is 29.2. The maximum absolute atomic E-state index is 13.3. The Morgan fingerprint density at radius 3 is 2.43 bits per heavy atom. The molecule has 4 atom stereocenters. The summed E-state index contributed by atoms with van der Waals surface area (Å²) in [6, 6.07) is 2.98. The van der Waals surface area contributed by atoms with Crippen molar-refractivity contribution in [1.82, 2.24) is 9.97 Å². The van der Waals surface area contributed by atoms with Crippen LogP contribution in [0.3, 0.4) is 0 Å². The number of nitrogens with zero attached hydrogens (tertiary/aromatic N) is 2. The van der Waals surface area contributed by atoms with E-state index in [-0.39, 0.29) is 5.75 Å². The van der Waals surface area contributed by atoms with Gasteiger partial charge in [0.2, 0.25) is 0 Å². The van der Waals surface area contributed by atoms with Crippen molar-refractivity contribution >= 4 is 11.8 Å². The smallest absolute Gasteiger partial charge is 0.173 e. The van der Waals surface area contributed by atoms with Crippen molar-refractivity contribution < 1.29 is 24.4 Å². The zero-order chi connectivity index (χ0) is 16.4. The van der Waals surface area contributed by atoms with Crippen molar-refractivity contribution in [2.45, 2.75) is 23.7 Å². The molecule has 0 spiro atoms. The van der Waals surface area contributed by atoms with Gasteiger partial charge in [0, 0.05) is 29.3 Å². The highest BCUT2D eigenvalue weighted by Gasteiger charge is 2.38. The van der Waals surface area contributed by atoms with Gasteiger partial charge in [-0.05, 0) is 12.1 Å². The molecule has 23 heavy (non-hydrogen) atoms. The molecule has 6 nitrogen and oxygen atoms in total. The second-order valence-electron chi connectivity index (χ2n) is 5.17. The van der Waals surface area contributed by atoms with Crippen LogP contribution in [0.25, 0.3) is 11.1 Å². The maximum Gasteiger partial charge on any atom is 0.173 e. The summed E-state index contributed by atoms with van der Waals surface area (Å²) in [5.41, 5.74) is 0.441. The van der Waals surface area contributed by atoms with Crippen LogP contribution in [0.5, 0.6) is 5.75 Å². The van der Waals surface area contributed by atoms with E-state index in [0.29, 0.717) is 16.9 Å². The number of thioether (sulfide) groups is 1. The minimum absolute atomic E-state index is 0.254. The maximum atomic E-state index is 13.3. The summed E-state index contributed by atoms with van der Waals surface area (Å²) >= 11 is 1.20. The van der Waals surface area contributed by atoms with Gasteiger partial charge in [0.05, 0.1) is 18.5 Å². The number of aromatic nitrogens is 2. The number of aliphatic hydroxyl groups excluding tert-OH is 3. The van der Waals surface area contributed by atoms with Gasteiger partial charge < -0.3 is 20.1 Å². The highest BCUT2D eigenvalue weighted by atomic mass is 32.2. The third-order valence-corrected chi connectivity index (χ3v) is 4.70. The molecule has 0 aliphatic carbocycles. The van der Waals surface area contributed by atoms with E-state index in [1.807, 2.05) is 0 Å².